The highest BCUT2D eigenvalue weighted by Gasteiger charge is 2.64. The molecule has 0 spiro atoms. The van der Waals surface area contributed by atoms with Gasteiger partial charge in [0.2, 0.25) is 17.7 Å². The average Bonchev–Trinajstić information content (AvgIpc) is 1.61. The largest absolute Gasteiger partial charge is 0.479 e. The van der Waals surface area contributed by atoms with Gasteiger partial charge in [-0.25, -0.2) is 14.4 Å². The Hall–Kier alpha value is -7.84. The van der Waals surface area contributed by atoms with E-state index in [9.17, 15) is 33.9 Å². The monoisotopic (exact) mass is 1270 g/mol. The van der Waals surface area contributed by atoms with E-state index in [1.54, 1.807) is 12.2 Å². The Morgan fingerprint density at radius 3 is 1.04 bits per heavy atom. The molecule has 3 saturated carbocycles. The van der Waals surface area contributed by atoms with Gasteiger partial charge >= 0.3 is 17.9 Å². The number of carbonyl (C=O) groups is 6. The van der Waals surface area contributed by atoms with Crippen LogP contribution in [0.2, 0.25) is 0 Å². The van der Waals surface area contributed by atoms with E-state index in [1.807, 2.05) is 111 Å². The van der Waals surface area contributed by atoms with Gasteiger partial charge in [0.1, 0.15) is 29.8 Å². The highest BCUT2D eigenvalue weighted by molar-refractivity contribution is 5.95. The number of nitrogens with one attached hydrogen (secondary N) is 3. The highest BCUT2D eigenvalue weighted by Crippen LogP contribution is 2.49. The first-order chi connectivity index (χ1) is 44.9. The number of carboxylic acids is 1. The summed E-state index contributed by atoms with van der Waals surface area (Å²) in [5.74, 6) is -1.85. The summed E-state index contributed by atoms with van der Waals surface area (Å²) in [6.07, 6.45) is 8.87. The van der Waals surface area contributed by atoms with Crippen molar-refractivity contribution in [1.29, 1.82) is 0 Å². The molecule has 6 aromatic rings. The summed E-state index contributed by atoms with van der Waals surface area (Å²) in [4.78, 5) is 81.9. The summed E-state index contributed by atoms with van der Waals surface area (Å²) in [7, 11) is 5.75. The normalized spacial score (nSPS) is 27.8. The number of ether oxygens (including phenoxy) is 5. The standard InChI is InChI=1S/2C26H32N2O4.C23H28N2O4/c2*1-4-13-31-25(30)26(15-20(26)5-2)27-24(29)23-14-21(16-28(23)3)32-17-19-11-8-10-18-9-6-7-12-22(18)19;1-3-17-12-23(17,22(27)28)24-21(26)20-11-18(13-25(20)2)29-14-16-9-6-8-15-7-4-5-10-19(15)16/h2*4,6-12,20-21,23H,1,5,13-17H2,2-3H3,(H,27,29);4-10,17-18,20H,3,11-14H2,1-2H3,(H,24,26)(H,27,28)/t2*20?,21-,23+,26-;17?,18-,20+,23-/m111/s1. The van der Waals surface area contributed by atoms with Gasteiger partial charge in [-0.2, -0.15) is 0 Å². The van der Waals surface area contributed by atoms with Gasteiger partial charge < -0.3 is 44.7 Å². The van der Waals surface area contributed by atoms with Crippen LogP contribution in [-0.2, 0) is 72.3 Å². The van der Waals surface area contributed by atoms with E-state index in [1.165, 1.54) is 32.3 Å². The van der Waals surface area contributed by atoms with Gasteiger partial charge in [-0.1, -0.05) is 193 Å². The van der Waals surface area contributed by atoms with Gasteiger partial charge in [-0.05, 0) is 126 Å². The summed E-state index contributed by atoms with van der Waals surface area (Å²) in [5.41, 5.74) is 0.564. The van der Waals surface area contributed by atoms with Crippen LogP contribution in [0.1, 0.15) is 95.2 Å². The highest BCUT2D eigenvalue weighted by atomic mass is 16.5. The topological polar surface area (TPSA) is 215 Å². The van der Waals surface area contributed by atoms with Crippen LogP contribution in [0, 0.1) is 17.8 Å². The molecule has 93 heavy (non-hydrogen) atoms. The van der Waals surface area contributed by atoms with Gasteiger partial charge in [0.15, 0.2) is 0 Å². The molecule has 494 valence electrons. The maximum Gasteiger partial charge on any atom is 0.332 e. The third-order valence-corrected chi connectivity index (χ3v) is 20.1. The lowest BCUT2D eigenvalue weighted by molar-refractivity contribution is -0.149. The van der Waals surface area contributed by atoms with Gasteiger partial charge in [0.25, 0.3) is 0 Å². The molecule has 0 bridgehead atoms. The molecular weight excluding hydrogens is 1180 g/mol. The van der Waals surface area contributed by atoms with Crippen LogP contribution in [0.25, 0.3) is 32.3 Å². The fraction of sp³-hybridized carbons (Fsp3) is 0.467. The first-order valence-corrected chi connectivity index (χ1v) is 33.0. The summed E-state index contributed by atoms with van der Waals surface area (Å²) < 4.78 is 29.1. The van der Waals surface area contributed by atoms with Gasteiger partial charge in [-0.3, -0.25) is 29.1 Å². The van der Waals surface area contributed by atoms with Crippen molar-refractivity contribution in [3.05, 3.63) is 169 Å². The summed E-state index contributed by atoms with van der Waals surface area (Å²) >= 11 is 0. The lowest BCUT2D eigenvalue weighted by atomic mass is 10.1. The van der Waals surface area contributed by atoms with Gasteiger partial charge in [-0.15, -0.1) is 0 Å². The number of likely N-dealkylation sites (tertiary alicyclic amines) is 3. The van der Waals surface area contributed by atoms with Crippen LogP contribution in [-0.4, -0.2) is 162 Å². The summed E-state index contributed by atoms with van der Waals surface area (Å²) in [6.45, 7) is 17.0. The van der Waals surface area contributed by atoms with E-state index in [4.69, 9.17) is 23.7 Å². The third-order valence-electron chi connectivity index (χ3n) is 20.1. The zero-order chi connectivity index (χ0) is 66.0. The molecule has 3 amide bonds. The number of carboxylic acid groups (broad SMARTS) is 1. The molecule has 12 rings (SSSR count). The number of rotatable bonds is 25. The number of hydrogen-bond donors (Lipinski definition) is 4. The number of amides is 3. The summed E-state index contributed by atoms with van der Waals surface area (Å²) in [6, 6.07) is 42.4. The first kappa shape index (κ1) is 68.0. The lowest BCUT2D eigenvalue weighted by Crippen LogP contribution is -2.51. The fourth-order valence-corrected chi connectivity index (χ4v) is 14.3. The minimum atomic E-state index is -1.07. The number of likely N-dealkylation sites (N-methyl/N-ethyl adjacent to an activating group) is 3. The minimum absolute atomic E-state index is 0.0223. The number of esters is 2. The second-order valence-corrected chi connectivity index (χ2v) is 26.2. The molecule has 3 heterocycles. The molecule has 3 aliphatic heterocycles. The molecule has 6 fully saturated rings. The number of fused-ring (bicyclic) bond motifs is 3. The number of hydrogen-bond acceptors (Lipinski definition) is 14. The van der Waals surface area contributed by atoms with Crippen LogP contribution in [0.15, 0.2) is 153 Å². The van der Waals surface area contributed by atoms with E-state index in [2.05, 4.69) is 102 Å². The van der Waals surface area contributed by atoms with Crippen molar-refractivity contribution >= 4 is 67.9 Å². The summed E-state index contributed by atoms with van der Waals surface area (Å²) in [5, 5.41) is 25.6. The Labute approximate surface area is 546 Å². The SMILES string of the molecule is C=CCOC(=O)[C@@]1(NC(=O)[C@@H]2C[C@@H](OCc3cccc4ccccc34)CN2C)CC1CC.C=CCOC(=O)[C@@]1(NC(=O)[C@@H]2C[C@@H](OCc3cccc4ccccc34)CN2C)CC1CC.CCC1C[C@]1(NC(=O)[C@@H]1C[C@@H](OCc2cccc3ccccc23)CN1C)C(=O)O. The van der Waals surface area contributed by atoms with E-state index in [0.717, 1.165) is 36.0 Å². The molecule has 18 nitrogen and oxygen atoms in total. The van der Waals surface area contributed by atoms with Crippen molar-refractivity contribution in [2.24, 2.45) is 17.8 Å². The van der Waals surface area contributed by atoms with Crippen LogP contribution in [0.5, 0.6) is 0 Å². The van der Waals surface area contributed by atoms with E-state index in [0.29, 0.717) is 78.0 Å². The number of benzene rings is 6. The van der Waals surface area contributed by atoms with Crippen molar-refractivity contribution in [1.82, 2.24) is 30.7 Å². The Morgan fingerprint density at radius 2 is 0.753 bits per heavy atom. The number of aliphatic carboxylic acids is 1. The van der Waals surface area contributed by atoms with Crippen molar-refractivity contribution in [3.8, 4) is 0 Å². The average molecular weight is 1270 g/mol. The Kier molecular flexibility index (Phi) is 22.0. The molecule has 3 saturated heterocycles. The fourth-order valence-electron chi connectivity index (χ4n) is 14.3. The van der Waals surface area contributed by atoms with Crippen molar-refractivity contribution in [2.75, 3.05) is 54.0 Å². The molecule has 3 unspecified atom stereocenters. The molecule has 4 N–H and O–H groups in total. The third kappa shape index (κ3) is 15.4. The van der Waals surface area contributed by atoms with E-state index < -0.39 is 22.6 Å². The van der Waals surface area contributed by atoms with Gasteiger partial charge in [0.05, 0.1) is 56.3 Å². The predicted octanol–water partition coefficient (Wildman–Crippen LogP) is 9.69. The number of carbonyl (C=O) groups excluding carboxylic acids is 5. The number of nitrogens with zero attached hydrogens (tertiary/aromatic N) is 3. The Balaban J connectivity index is 0.000000153. The quantitative estimate of drug-likeness (QED) is 0.0310. The van der Waals surface area contributed by atoms with Crippen LogP contribution < -0.4 is 16.0 Å². The Bertz CT molecular complexity index is 3520. The van der Waals surface area contributed by atoms with Crippen molar-refractivity contribution in [3.63, 3.8) is 0 Å². The minimum Gasteiger partial charge on any atom is -0.479 e. The molecule has 18 heteroatoms. The van der Waals surface area contributed by atoms with Crippen LogP contribution in [0.3, 0.4) is 0 Å². The first-order valence-electron chi connectivity index (χ1n) is 33.0. The van der Waals surface area contributed by atoms with E-state index in [-0.39, 0.29) is 97.1 Å². The van der Waals surface area contributed by atoms with Gasteiger partial charge in [0, 0.05) is 19.6 Å². The zero-order valence-electron chi connectivity index (χ0n) is 54.7. The van der Waals surface area contributed by atoms with Crippen molar-refractivity contribution in [2.45, 2.75) is 151 Å². The molecule has 0 radical (unpaired) electrons. The second kappa shape index (κ2) is 30.1. The lowest BCUT2D eigenvalue weighted by Gasteiger charge is -2.23. The van der Waals surface area contributed by atoms with Crippen molar-refractivity contribution < 1.29 is 57.6 Å². The maximum atomic E-state index is 13.1. The molecule has 3 aliphatic carbocycles. The zero-order valence-corrected chi connectivity index (χ0v) is 54.7. The van der Waals surface area contributed by atoms with E-state index >= 15 is 0 Å². The second-order valence-electron chi connectivity index (χ2n) is 26.2. The molecule has 6 aromatic carbocycles. The molecule has 0 aromatic heterocycles. The molecular formula is C75H92N6O12. The molecule has 12 atom stereocenters. The smallest absolute Gasteiger partial charge is 0.332 e. The van der Waals surface area contributed by atoms with Crippen LogP contribution >= 0.6 is 0 Å². The Morgan fingerprint density at radius 1 is 0.462 bits per heavy atom. The predicted molar refractivity (Wildman–Crippen MR) is 358 cm³/mol. The molecule has 6 aliphatic rings. The maximum absolute atomic E-state index is 13.1. The van der Waals surface area contributed by atoms with Crippen LogP contribution in [0.4, 0.5) is 0 Å².